The number of nitrogens with one attached hydrogen (secondary N) is 1. The monoisotopic (exact) mass is 295 g/mol. The minimum atomic E-state index is -0.885. The van der Waals surface area contributed by atoms with E-state index in [9.17, 15) is 9.90 Å². The van der Waals surface area contributed by atoms with Crippen LogP contribution in [0.25, 0.3) is 0 Å². The third kappa shape index (κ3) is 5.17. The molecule has 0 saturated carbocycles. The molecule has 2 unspecified atom stereocenters. The normalized spacial score (nSPS) is 15.9. The molecule has 0 aliphatic heterocycles. The van der Waals surface area contributed by atoms with Crippen molar-refractivity contribution in [2.75, 3.05) is 0 Å². The van der Waals surface area contributed by atoms with Crippen LogP contribution in [0.3, 0.4) is 0 Å². The van der Waals surface area contributed by atoms with Gasteiger partial charge in [0, 0.05) is 16.2 Å². The standard InChI is InChI=1S/C16H25NO2S/c1-11(2)17-16(5,15(18)19)10-13(4)20-14-8-6-7-12(3)9-14/h6-9,11,13,17H,10H2,1-5H3,(H,18,19). The van der Waals surface area contributed by atoms with Crippen LogP contribution in [0.2, 0.25) is 0 Å². The van der Waals surface area contributed by atoms with Crippen LogP contribution in [0.5, 0.6) is 0 Å². The second-order valence-electron chi connectivity index (χ2n) is 5.89. The molecule has 20 heavy (non-hydrogen) atoms. The number of benzene rings is 1. The summed E-state index contributed by atoms with van der Waals surface area (Å²) >= 11 is 1.73. The molecule has 2 N–H and O–H groups in total. The van der Waals surface area contributed by atoms with Crippen LogP contribution >= 0.6 is 11.8 Å². The summed E-state index contributed by atoms with van der Waals surface area (Å²) in [5, 5.41) is 12.9. The summed E-state index contributed by atoms with van der Waals surface area (Å²) in [7, 11) is 0. The first kappa shape index (κ1) is 17.1. The van der Waals surface area contributed by atoms with Crippen LogP contribution in [-0.2, 0) is 4.79 Å². The van der Waals surface area contributed by atoms with Gasteiger partial charge in [0.05, 0.1) is 0 Å². The zero-order valence-electron chi connectivity index (χ0n) is 12.9. The zero-order chi connectivity index (χ0) is 15.3. The Labute approximate surface area is 126 Å². The summed E-state index contributed by atoms with van der Waals surface area (Å²) in [6, 6.07) is 8.45. The predicted octanol–water partition coefficient (Wildman–Crippen LogP) is 3.71. The number of hydrogen-bond acceptors (Lipinski definition) is 3. The van der Waals surface area contributed by atoms with Gasteiger partial charge < -0.3 is 5.11 Å². The maximum absolute atomic E-state index is 11.5. The molecule has 1 aromatic rings. The third-order valence-corrected chi connectivity index (χ3v) is 4.20. The molecule has 0 heterocycles. The van der Waals surface area contributed by atoms with Crippen molar-refractivity contribution >= 4 is 17.7 Å². The highest BCUT2D eigenvalue weighted by atomic mass is 32.2. The molecule has 1 rings (SSSR count). The fraction of sp³-hybridized carbons (Fsp3) is 0.562. The number of carboxylic acids is 1. The van der Waals surface area contributed by atoms with Gasteiger partial charge in [0.15, 0.2) is 0 Å². The van der Waals surface area contributed by atoms with E-state index in [0.29, 0.717) is 6.42 Å². The minimum absolute atomic E-state index is 0.146. The van der Waals surface area contributed by atoms with Gasteiger partial charge in [-0.3, -0.25) is 10.1 Å². The van der Waals surface area contributed by atoms with Crippen LogP contribution in [0.1, 0.15) is 39.7 Å². The average molecular weight is 295 g/mol. The van der Waals surface area contributed by atoms with E-state index < -0.39 is 11.5 Å². The Morgan fingerprint density at radius 1 is 1.40 bits per heavy atom. The molecule has 0 spiro atoms. The van der Waals surface area contributed by atoms with E-state index in [1.165, 1.54) is 10.5 Å². The van der Waals surface area contributed by atoms with Gasteiger partial charge in [0.25, 0.3) is 0 Å². The van der Waals surface area contributed by atoms with Crippen molar-refractivity contribution in [3.63, 3.8) is 0 Å². The lowest BCUT2D eigenvalue weighted by atomic mass is 9.95. The number of aliphatic carboxylic acids is 1. The molecule has 1 aromatic carbocycles. The fourth-order valence-corrected chi connectivity index (χ4v) is 3.68. The lowest BCUT2D eigenvalue weighted by molar-refractivity contribution is -0.144. The summed E-state index contributed by atoms with van der Waals surface area (Å²) in [6.45, 7) is 9.86. The molecule has 4 heteroatoms. The maximum Gasteiger partial charge on any atom is 0.323 e. The predicted molar refractivity (Wildman–Crippen MR) is 85.4 cm³/mol. The summed E-state index contributed by atoms with van der Waals surface area (Å²) in [4.78, 5) is 12.7. The molecule has 0 bridgehead atoms. The van der Waals surface area contributed by atoms with E-state index in [2.05, 4.69) is 37.4 Å². The molecule has 112 valence electrons. The van der Waals surface area contributed by atoms with Gasteiger partial charge >= 0.3 is 5.97 Å². The van der Waals surface area contributed by atoms with Crippen LogP contribution in [0.4, 0.5) is 0 Å². The quantitative estimate of drug-likeness (QED) is 0.753. The average Bonchev–Trinajstić information content (AvgIpc) is 2.26. The molecular formula is C16H25NO2S. The molecule has 0 saturated heterocycles. The summed E-state index contributed by atoms with van der Waals surface area (Å²) in [5.74, 6) is -0.789. The van der Waals surface area contributed by atoms with Crippen molar-refractivity contribution in [1.29, 1.82) is 0 Å². The minimum Gasteiger partial charge on any atom is -0.480 e. The Morgan fingerprint density at radius 3 is 2.55 bits per heavy atom. The Hall–Kier alpha value is -1.00. The first-order valence-corrected chi connectivity index (χ1v) is 7.85. The number of carboxylic acid groups (broad SMARTS) is 1. The molecule has 0 aromatic heterocycles. The number of hydrogen-bond donors (Lipinski definition) is 2. The van der Waals surface area contributed by atoms with Gasteiger partial charge in [0.1, 0.15) is 5.54 Å². The topological polar surface area (TPSA) is 49.3 Å². The largest absolute Gasteiger partial charge is 0.480 e. The molecule has 2 atom stereocenters. The molecule has 3 nitrogen and oxygen atoms in total. The van der Waals surface area contributed by atoms with E-state index in [0.717, 1.165) is 0 Å². The van der Waals surface area contributed by atoms with Crippen LogP contribution in [0, 0.1) is 6.92 Å². The number of carbonyl (C=O) groups is 1. The van der Waals surface area contributed by atoms with Crippen molar-refractivity contribution in [2.45, 2.75) is 62.8 Å². The molecule has 0 aliphatic rings. The first-order valence-electron chi connectivity index (χ1n) is 6.97. The number of rotatable bonds is 7. The first-order chi connectivity index (χ1) is 9.23. The van der Waals surface area contributed by atoms with Gasteiger partial charge in [-0.05, 0) is 46.2 Å². The molecule has 0 aliphatic carbocycles. The Bertz CT molecular complexity index is 462. The van der Waals surface area contributed by atoms with E-state index >= 15 is 0 Å². The molecule has 0 fully saturated rings. The Kier molecular flexibility index (Phi) is 6.08. The second kappa shape index (κ2) is 7.14. The smallest absolute Gasteiger partial charge is 0.323 e. The van der Waals surface area contributed by atoms with Gasteiger partial charge in [-0.1, -0.05) is 24.6 Å². The van der Waals surface area contributed by atoms with E-state index in [1.807, 2.05) is 19.9 Å². The van der Waals surface area contributed by atoms with Crippen LogP contribution < -0.4 is 5.32 Å². The zero-order valence-corrected chi connectivity index (χ0v) is 13.8. The van der Waals surface area contributed by atoms with E-state index in [4.69, 9.17) is 0 Å². The van der Waals surface area contributed by atoms with Crippen molar-refractivity contribution in [3.05, 3.63) is 29.8 Å². The fourth-order valence-electron chi connectivity index (χ4n) is 2.38. The van der Waals surface area contributed by atoms with Gasteiger partial charge in [-0.25, -0.2) is 0 Å². The lowest BCUT2D eigenvalue weighted by Gasteiger charge is -2.31. The Morgan fingerprint density at radius 2 is 2.05 bits per heavy atom. The second-order valence-corrected chi connectivity index (χ2v) is 7.40. The van der Waals surface area contributed by atoms with Crippen molar-refractivity contribution in [1.82, 2.24) is 5.32 Å². The highest BCUT2D eigenvalue weighted by molar-refractivity contribution is 7.99. The summed E-state index contributed by atoms with van der Waals surface area (Å²) in [6.07, 6.45) is 0.582. The molecule has 0 amide bonds. The summed E-state index contributed by atoms with van der Waals surface area (Å²) < 4.78 is 0. The van der Waals surface area contributed by atoms with E-state index in [1.54, 1.807) is 18.7 Å². The highest BCUT2D eigenvalue weighted by Crippen LogP contribution is 2.29. The third-order valence-electron chi connectivity index (χ3n) is 3.10. The lowest BCUT2D eigenvalue weighted by Crippen LogP contribution is -2.53. The van der Waals surface area contributed by atoms with Crippen molar-refractivity contribution in [2.24, 2.45) is 0 Å². The molecular weight excluding hydrogens is 270 g/mol. The van der Waals surface area contributed by atoms with Gasteiger partial charge in [-0.15, -0.1) is 11.8 Å². The van der Waals surface area contributed by atoms with Gasteiger partial charge in [-0.2, -0.15) is 0 Å². The van der Waals surface area contributed by atoms with Crippen LogP contribution in [0.15, 0.2) is 29.2 Å². The Balaban J connectivity index is 2.71. The van der Waals surface area contributed by atoms with Crippen molar-refractivity contribution in [3.8, 4) is 0 Å². The molecule has 0 radical (unpaired) electrons. The number of thioether (sulfide) groups is 1. The maximum atomic E-state index is 11.5. The van der Waals surface area contributed by atoms with Crippen LogP contribution in [-0.4, -0.2) is 27.9 Å². The van der Waals surface area contributed by atoms with Crippen molar-refractivity contribution < 1.29 is 9.90 Å². The van der Waals surface area contributed by atoms with Gasteiger partial charge in [0.2, 0.25) is 0 Å². The summed E-state index contributed by atoms with van der Waals surface area (Å²) in [5.41, 5.74) is 0.341. The van der Waals surface area contributed by atoms with E-state index in [-0.39, 0.29) is 11.3 Å². The SMILES string of the molecule is Cc1cccc(SC(C)CC(C)(NC(C)C)C(=O)O)c1. The number of aryl methyl sites for hydroxylation is 1. The highest BCUT2D eigenvalue weighted by Gasteiger charge is 2.35.